The van der Waals surface area contributed by atoms with Crippen LogP contribution in [-0.4, -0.2) is 29.4 Å². The number of carboxylic acid groups (broad SMARTS) is 1. The summed E-state index contributed by atoms with van der Waals surface area (Å²) in [7, 11) is 0. The van der Waals surface area contributed by atoms with Crippen molar-refractivity contribution >= 4 is 12.3 Å². The summed E-state index contributed by atoms with van der Waals surface area (Å²) in [6.07, 6.45) is 0.468. The molecule has 1 atom stereocenters. The topological polar surface area (TPSA) is 66.4 Å². The SMILES string of the molecule is CC(C)N[C@H](C=O)CC(=O)O. The first-order chi connectivity index (χ1) is 5.06. The van der Waals surface area contributed by atoms with E-state index in [-0.39, 0.29) is 12.5 Å². The van der Waals surface area contributed by atoms with Crippen LogP contribution in [0.2, 0.25) is 0 Å². The van der Waals surface area contributed by atoms with E-state index in [0.29, 0.717) is 6.29 Å². The summed E-state index contributed by atoms with van der Waals surface area (Å²) < 4.78 is 0. The van der Waals surface area contributed by atoms with Crippen LogP contribution in [0.4, 0.5) is 0 Å². The lowest BCUT2D eigenvalue weighted by Crippen LogP contribution is -2.37. The monoisotopic (exact) mass is 159 g/mol. The minimum Gasteiger partial charge on any atom is -0.481 e. The first kappa shape index (κ1) is 10.1. The number of aldehydes is 1. The molecule has 0 radical (unpaired) electrons. The molecule has 0 rings (SSSR count). The maximum Gasteiger partial charge on any atom is 0.305 e. The Morgan fingerprint density at radius 2 is 2.18 bits per heavy atom. The second-order valence-electron chi connectivity index (χ2n) is 2.66. The van der Waals surface area contributed by atoms with Gasteiger partial charge in [0.15, 0.2) is 0 Å². The fraction of sp³-hybridized carbons (Fsp3) is 0.714. The number of aliphatic carboxylic acids is 1. The molecule has 4 nitrogen and oxygen atoms in total. The molecule has 0 spiro atoms. The number of rotatable bonds is 5. The van der Waals surface area contributed by atoms with Crippen molar-refractivity contribution in [2.24, 2.45) is 0 Å². The molecule has 2 N–H and O–H groups in total. The molecule has 0 aromatic carbocycles. The molecule has 64 valence electrons. The molecule has 0 amide bonds. The summed E-state index contributed by atoms with van der Waals surface area (Å²) >= 11 is 0. The van der Waals surface area contributed by atoms with E-state index in [4.69, 9.17) is 5.11 Å². The van der Waals surface area contributed by atoms with Gasteiger partial charge in [0.2, 0.25) is 0 Å². The number of carboxylic acids is 1. The van der Waals surface area contributed by atoms with Gasteiger partial charge in [0.05, 0.1) is 12.5 Å². The predicted octanol–water partition coefficient (Wildman–Crippen LogP) is 0.0266. The van der Waals surface area contributed by atoms with Gasteiger partial charge in [0.25, 0.3) is 0 Å². The molecule has 11 heavy (non-hydrogen) atoms. The van der Waals surface area contributed by atoms with E-state index in [0.717, 1.165) is 0 Å². The Morgan fingerprint density at radius 3 is 2.45 bits per heavy atom. The third-order valence-corrected chi connectivity index (χ3v) is 1.11. The molecule has 0 saturated carbocycles. The minimum absolute atomic E-state index is 0.129. The quantitative estimate of drug-likeness (QED) is 0.555. The Morgan fingerprint density at radius 1 is 1.64 bits per heavy atom. The largest absolute Gasteiger partial charge is 0.481 e. The van der Waals surface area contributed by atoms with Gasteiger partial charge in [-0.15, -0.1) is 0 Å². The summed E-state index contributed by atoms with van der Waals surface area (Å²) in [5.41, 5.74) is 0. The molecule has 0 saturated heterocycles. The van der Waals surface area contributed by atoms with E-state index in [1.807, 2.05) is 13.8 Å². The van der Waals surface area contributed by atoms with E-state index in [2.05, 4.69) is 5.32 Å². The first-order valence-electron chi connectivity index (χ1n) is 3.49. The summed E-state index contributed by atoms with van der Waals surface area (Å²) in [5, 5.41) is 11.1. The Hall–Kier alpha value is -0.900. The molecule has 0 aliphatic carbocycles. The molecule has 0 aliphatic rings. The molecule has 0 heterocycles. The van der Waals surface area contributed by atoms with Gasteiger partial charge in [0, 0.05) is 6.04 Å². The predicted molar refractivity (Wildman–Crippen MR) is 40.4 cm³/mol. The van der Waals surface area contributed by atoms with Gasteiger partial charge in [-0.3, -0.25) is 4.79 Å². The third kappa shape index (κ3) is 5.54. The van der Waals surface area contributed by atoms with Crippen LogP contribution >= 0.6 is 0 Å². The number of nitrogens with one attached hydrogen (secondary N) is 1. The molecule has 0 unspecified atom stereocenters. The van der Waals surface area contributed by atoms with Gasteiger partial charge in [0.1, 0.15) is 6.29 Å². The Bertz CT molecular complexity index is 145. The van der Waals surface area contributed by atoms with Crippen molar-refractivity contribution in [3.8, 4) is 0 Å². The van der Waals surface area contributed by atoms with Crippen molar-refractivity contribution in [3.05, 3.63) is 0 Å². The fourth-order valence-electron chi connectivity index (χ4n) is 0.763. The zero-order valence-electron chi connectivity index (χ0n) is 6.70. The summed E-state index contributed by atoms with van der Waals surface area (Å²) in [4.78, 5) is 20.4. The highest BCUT2D eigenvalue weighted by Crippen LogP contribution is 1.90. The Balaban J connectivity index is 3.76. The molecule has 0 bridgehead atoms. The lowest BCUT2D eigenvalue weighted by molar-refractivity contribution is -0.138. The van der Waals surface area contributed by atoms with Gasteiger partial charge in [-0.05, 0) is 0 Å². The standard InChI is InChI=1S/C7H13NO3/c1-5(2)8-6(4-9)3-7(10)11/h4-6,8H,3H2,1-2H3,(H,10,11)/t6-/m0/s1. The van der Waals surface area contributed by atoms with Crippen LogP contribution in [-0.2, 0) is 9.59 Å². The normalized spacial score (nSPS) is 13.0. The lowest BCUT2D eigenvalue weighted by Gasteiger charge is -2.12. The molecular weight excluding hydrogens is 146 g/mol. The zero-order valence-corrected chi connectivity index (χ0v) is 6.70. The van der Waals surface area contributed by atoms with E-state index in [9.17, 15) is 9.59 Å². The van der Waals surface area contributed by atoms with Crippen molar-refractivity contribution in [1.29, 1.82) is 0 Å². The van der Waals surface area contributed by atoms with Gasteiger partial charge >= 0.3 is 5.97 Å². The Labute approximate surface area is 65.6 Å². The highest BCUT2D eigenvalue weighted by molar-refractivity contribution is 5.73. The van der Waals surface area contributed by atoms with Crippen molar-refractivity contribution < 1.29 is 14.7 Å². The molecular formula is C7H13NO3. The van der Waals surface area contributed by atoms with Crippen molar-refractivity contribution in [2.75, 3.05) is 0 Å². The molecule has 0 fully saturated rings. The van der Waals surface area contributed by atoms with Gasteiger partial charge in [-0.25, -0.2) is 0 Å². The summed E-state index contributed by atoms with van der Waals surface area (Å²) in [6, 6.07) is -0.433. The summed E-state index contributed by atoms with van der Waals surface area (Å²) in [6.45, 7) is 3.72. The second-order valence-corrected chi connectivity index (χ2v) is 2.66. The van der Waals surface area contributed by atoms with Gasteiger partial charge < -0.3 is 15.2 Å². The second kappa shape index (κ2) is 4.85. The van der Waals surface area contributed by atoms with Crippen molar-refractivity contribution in [1.82, 2.24) is 5.32 Å². The van der Waals surface area contributed by atoms with Crippen LogP contribution in [0.5, 0.6) is 0 Å². The summed E-state index contributed by atoms with van der Waals surface area (Å²) in [5.74, 6) is -0.963. The number of carbonyl (C=O) groups excluding carboxylic acids is 1. The first-order valence-corrected chi connectivity index (χ1v) is 3.49. The molecule has 0 aliphatic heterocycles. The van der Waals surface area contributed by atoms with Crippen LogP contribution in [0.15, 0.2) is 0 Å². The highest BCUT2D eigenvalue weighted by atomic mass is 16.4. The molecule has 0 aromatic heterocycles. The maximum absolute atomic E-state index is 10.3. The van der Waals surface area contributed by atoms with E-state index in [1.165, 1.54) is 0 Å². The van der Waals surface area contributed by atoms with Crippen molar-refractivity contribution in [3.63, 3.8) is 0 Å². The van der Waals surface area contributed by atoms with E-state index < -0.39 is 12.0 Å². The van der Waals surface area contributed by atoms with Crippen LogP contribution in [0.3, 0.4) is 0 Å². The van der Waals surface area contributed by atoms with Gasteiger partial charge in [-0.1, -0.05) is 13.8 Å². The molecule has 0 aromatic rings. The van der Waals surface area contributed by atoms with Crippen LogP contribution < -0.4 is 5.32 Å². The number of carbonyl (C=O) groups is 2. The van der Waals surface area contributed by atoms with E-state index in [1.54, 1.807) is 0 Å². The minimum atomic E-state index is -0.963. The number of hydrogen-bond acceptors (Lipinski definition) is 3. The van der Waals surface area contributed by atoms with Gasteiger partial charge in [-0.2, -0.15) is 0 Å². The fourth-order valence-corrected chi connectivity index (χ4v) is 0.763. The maximum atomic E-state index is 10.3. The van der Waals surface area contributed by atoms with Crippen LogP contribution in [0.1, 0.15) is 20.3 Å². The molecule has 4 heteroatoms. The van der Waals surface area contributed by atoms with E-state index >= 15 is 0 Å². The Kier molecular flexibility index (Phi) is 4.45. The van der Waals surface area contributed by atoms with Crippen molar-refractivity contribution in [2.45, 2.75) is 32.4 Å². The van der Waals surface area contributed by atoms with Crippen LogP contribution in [0.25, 0.3) is 0 Å². The number of hydrogen-bond donors (Lipinski definition) is 2. The zero-order chi connectivity index (χ0) is 8.85. The average Bonchev–Trinajstić information content (AvgIpc) is 1.84. The lowest BCUT2D eigenvalue weighted by atomic mass is 10.2. The third-order valence-electron chi connectivity index (χ3n) is 1.11. The average molecular weight is 159 g/mol. The highest BCUT2D eigenvalue weighted by Gasteiger charge is 2.11. The van der Waals surface area contributed by atoms with Crippen LogP contribution in [0, 0.1) is 0 Å². The smallest absolute Gasteiger partial charge is 0.305 e.